The van der Waals surface area contributed by atoms with E-state index in [4.69, 9.17) is 16.9 Å². The van der Waals surface area contributed by atoms with Crippen molar-refractivity contribution in [2.24, 2.45) is 0 Å². The highest BCUT2D eigenvalue weighted by molar-refractivity contribution is 6.30. The van der Waals surface area contributed by atoms with Crippen LogP contribution in [0, 0.1) is 11.5 Å². The first-order chi connectivity index (χ1) is 15.1. The highest BCUT2D eigenvalue weighted by Gasteiger charge is 2.27. The summed E-state index contributed by atoms with van der Waals surface area (Å²) in [6.07, 6.45) is 2.50. The first-order valence-corrected chi connectivity index (χ1v) is 10.0. The molecule has 0 fully saturated rings. The second kappa shape index (κ2) is 13.2. The number of hydrogen-bond acceptors (Lipinski definition) is 5. The third-order valence-corrected chi connectivity index (χ3v) is 4.29. The molecule has 2 aromatic rings. The van der Waals surface area contributed by atoms with Gasteiger partial charge in [0.15, 0.2) is 6.19 Å². The van der Waals surface area contributed by atoms with Crippen LogP contribution in [-0.2, 0) is 4.79 Å². The van der Waals surface area contributed by atoms with Crippen molar-refractivity contribution < 1.29 is 18.0 Å². The maximum absolute atomic E-state index is 12.6. The van der Waals surface area contributed by atoms with Crippen LogP contribution >= 0.6 is 11.6 Å². The van der Waals surface area contributed by atoms with Crippen molar-refractivity contribution >= 4 is 24.0 Å². The molecular weight excluding hydrogens is 443 g/mol. The van der Waals surface area contributed by atoms with Gasteiger partial charge in [-0.3, -0.25) is 9.36 Å². The molecule has 172 valence electrons. The minimum Gasteiger partial charge on any atom is -0.327 e. The number of benzene rings is 1. The minimum absolute atomic E-state index is 0.0684. The monoisotopic (exact) mass is 467 g/mol. The number of rotatable bonds is 9. The Kier molecular flexibility index (Phi) is 11.1. The molecule has 1 aromatic carbocycles. The van der Waals surface area contributed by atoms with Gasteiger partial charge in [-0.15, -0.1) is 6.58 Å². The summed E-state index contributed by atoms with van der Waals surface area (Å²) in [5.41, 5.74) is 2.15. The summed E-state index contributed by atoms with van der Waals surface area (Å²) in [5.74, 6) is 0.255. The molecule has 10 heteroatoms. The van der Waals surface area contributed by atoms with Gasteiger partial charge in [-0.25, -0.2) is 4.98 Å². The average molecular weight is 468 g/mol. The number of anilines is 1. The van der Waals surface area contributed by atoms with Crippen LogP contribution in [-0.4, -0.2) is 35.7 Å². The van der Waals surface area contributed by atoms with E-state index in [9.17, 15) is 18.0 Å². The zero-order valence-corrected chi connectivity index (χ0v) is 18.6. The molecule has 1 aromatic heterocycles. The van der Waals surface area contributed by atoms with Crippen LogP contribution < -0.4 is 10.2 Å². The predicted octanol–water partition coefficient (Wildman–Crippen LogP) is 5.56. The van der Waals surface area contributed by atoms with E-state index >= 15 is 0 Å². The summed E-state index contributed by atoms with van der Waals surface area (Å²) >= 11 is 5.90. The van der Waals surface area contributed by atoms with Gasteiger partial charge < -0.3 is 10.2 Å². The predicted molar refractivity (Wildman–Crippen MR) is 121 cm³/mol. The van der Waals surface area contributed by atoms with E-state index in [0.29, 0.717) is 23.5 Å². The lowest BCUT2D eigenvalue weighted by Gasteiger charge is -2.20. The Morgan fingerprint density at radius 3 is 2.50 bits per heavy atom. The van der Waals surface area contributed by atoms with Crippen molar-refractivity contribution in [2.45, 2.75) is 32.4 Å². The number of allylic oxidation sites excluding steroid dienone is 2. The Balaban J connectivity index is 0.00000118. The summed E-state index contributed by atoms with van der Waals surface area (Å²) in [4.78, 5) is 17.6. The molecule has 1 N–H and O–H groups in total. The lowest BCUT2D eigenvalue weighted by Crippen LogP contribution is -2.23. The van der Waals surface area contributed by atoms with Gasteiger partial charge in [0.1, 0.15) is 0 Å². The highest BCUT2D eigenvalue weighted by atomic mass is 35.5. The summed E-state index contributed by atoms with van der Waals surface area (Å²) < 4.78 is 38.9. The van der Waals surface area contributed by atoms with Crippen molar-refractivity contribution in [3.8, 4) is 17.5 Å². The number of imidazole rings is 1. The van der Waals surface area contributed by atoms with Crippen molar-refractivity contribution in [2.75, 3.05) is 18.5 Å². The van der Waals surface area contributed by atoms with E-state index in [1.165, 1.54) is 4.57 Å². The van der Waals surface area contributed by atoms with Gasteiger partial charge in [0, 0.05) is 43.0 Å². The fourth-order valence-corrected chi connectivity index (χ4v) is 2.78. The molecule has 0 saturated heterocycles. The third-order valence-electron chi connectivity index (χ3n) is 4.04. The summed E-state index contributed by atoms with van der Waals surface area (Å²) in [5, 5.41) is 10.3. The van der Waals surface area contributed by atoms with Gasteiger partial charge in [-0.1, -0.05) is 35.4 Å². The van der Waals surface area contributed by atoms with Crippen LogP contribution in [0.3, 0.4) is 0 Å². The van der Waals surface area contributed by atoms with Crippen LogP contribution in [0.15, 0.2) is 54.9 Å². The fraction of sp³-hybridized carbons (Fsp3) is 0.318. The second-order valence-corrected chi connectivity index (χ2v) is 7.12. The van der Waals surface area contributed by atoms with Crippen molar-refractivity contribution in [3.63, 3.8) is 0 Å². The van der Waals surface area contributed by atoms with Crippen molar-refractivity contribution in [1.29, 1.82) is 5.26 Å². The Morgan fingerprint density at radius 1 is 1.38 bits per heavy atom. The Labute approximate surface area is 190 Å². The number of aromatic nitrogens is 2. The molecule has 0 unspecified atom stereocenters. The molecule has 0 aliphatic heterocycles. The molecule has 1 heterocycles. The quantitative estimate of drug-likeness (QED) is 0.226. The molecule has 0 aliphatic carbocycles. The van der Waals surface area contributed by atoms with E-state index in [-0.39, 0.29) is 18.9 Å². The van der Waals surface area contributed by atoms with Gasteiger partial charge in [0.25, 0.3) is 0 Å². The molecule has 32 heavy (non-hydrogen) atoms. The molecule has 0 aliphatic rings. The van der Waals surface area contributed by atoms with Crippen molar-refractivity contribution in [3.05, 3.63) is 59.9 Å². The summed E-state index contributed by atoms with van der Waals surface area (Å²) in [6, 6.07) is 6.92. The third kappa shape index (κ3) is 9.27. The molecule has 6 nitrogen and oxygen atoms in total. The number of carbonyl (C=O) groups excluding carboxylic acids is 1. The molecule has 0 bridgehead atoms. The molecule has 2 rings (SSSR count). The SMILES string of the molecule is C=CC/C(C)=C/N(CCCC(F)(F)F)c1nc(-c2ccc(Cl)cc2)cn1C=O.CNC#N. The van der Waals surface area contributed by atoms with Crippen LogP contribution in [0.4, 0.5) is 19.1 Å². The number of nitrogens with zero attached hydrogens (tertiary/aromatic N) is 4. The zero-order valence-electron chi connectivity index (χ0n) is 17.9. The Bertz CT molecular complexity index is 946. The van der Waals surface area contributed by atoms with Gasteiger partial charge in [-0.05, 0) is 31.9 Å². The Hall–Kier alpha value is -3.25. The van der Waals surface area contributed by atoms with Crippen molar-refractivity contribution in [1.82, 2.24) is 14.9 Å². The number of nitriles is 1. The minimum atomic E-state index is -4.24. The maximum Gasteiger partial charge on any atom is 0.389 e. The lowest BCUT2D eigenvalue weighted by atomic mass is 10.2. The largest absolute Gasteiger partial charge is 0.389 e. The topological polar surface area (TPSA) is 74.0 Å². The highest BCUT2D eigenvalue weighted by Crippen LogP contribution is 2.26. The number of hydrogen-bond donors (Lipinski definition) is 1. The normalized spacial score (nSPS) is 11.1. The van der Waals surface area contributed by atoms with E-state index in [2.05, 4.69) is 16.9 Å². The van der Waals surface area contributed by atoms with Crippen LogP contribution in [0.5, 0.6) is 0 Å². The van der Waals surface area contributed by atoms with Crippen LogP contribution in [0.1, 0.15) is 26.2 Å². The first-order valence-electron chi connectivity index (χ1n) is 9.62. The van der Waals surface area contributed by atoms with Gasteiger partial charge in [-0.2, -0.15) is 18.4 Å². The summed E-state index contributed by atoms with van der Waals surface area (Å²) in [7, 11) is 1.57. The lowest BCUT2D eigenvalue weighted by molar-refractivity contribution is -0.134. The summed E-state index contributed by atoms with van der Waals surface area (Å²) in [6.45, 7) is 5.57. The number of halogens is 4. The molecule has 0 radical (unpaired) electrons. The average Bonchev–Trinajstić information content (AvgIpc) is 3.17. The number of alkyl halides is 3. The van der Waals surface area contributed by atoms with Gasteiger partial charge in [0.05, 0.1) is 5.69 Å². The molecular formula is C22H25ClF3N5O. The second-order valence-electron chi connectivity index (χ2n) is 6.69. The molecule has 0 amide bonds. The van der Waals surface area contributed by atoms with Crippen LogP contribution in [0.2, 0.25) is 5.02 Å². The Morgan fingerprint density at radius 2 is 2.00 bits per heavy atom. The molecule has 0 saturated carbocycles. The molecule has 0 atom stereocenters. The first kappa shape index (κ1) is 26.8. The van der Waals surface area contributed by atoms with E-state index in [1.54, 1.807) is 60.9 Å². The zero-order chi connectivity index (χ0) is 24.1. The smallest absolute Gasteiger partial charge is 0.327 e. The van der Waals surface area contributed by atoms with Gasteiger partial charge >= 0.3 is 6.18 Å². The van der Waals surface area contributed by atoms with E-state index in [0.717, 1.165) is 11.1 Å². The van der Waals surface area contributed by atoms with Crippen LogP contribution in [0.25, 0.3) is 11.3 Å². The fourth-order valence-electron chi connectivity index (χ4n) is 2.65. The van der Waals surface area contributed by atoms with Gasteiger partial charge in [0.2, 0.25) is 12.4 Å². The number of carbonyl (C=O) groups is 1. The maximum atomic E-state index is 12.6. The van der Waals surface area contributed by atoms with E-state index < -0.39 is 12.6 Å². The standard InChI is InChI=1S/C20H21ClF3N3O.C2H4N2/c1-3-5-15(2)12-26(11-4-10-20(22,23)24)19-25-18(13-27(19)14-28)16-6-8-17(21)9-7-16;1-4-2-3/h3,6-9,12-14H,1,4-5,10-11H2,2H3;4H,1H3/b15-12+;. The number of nitrogens with one attached hydrogen (secondary N) is 1. The van der Waals surface area contributed by atoms with E-state index in [1.807, 2.05) is 6.92 Å². The molecule has 0 spiro atoms.